The van der Waals surface area contributed by atoms with E-state index in [-0.39, 0.29) is 6.54 Å². The molecule has 0 radical (unpaired) electrons. The van der Waals surface area contributed by atoms with Gasteiger partial charge in [0.25, 0.3) is 0 Å². The van der Waals surface area contributed by atoms with Crippen LogP contribution in [-0.4, -0.2) is 60.1 Å². The first-order valence-corrected chi connectivity index (χ1v) is 7.91. The zero-order valence-corrected chi connectivity index (χ0v) is 14.3. The molecule has 1 aromatic carbocycles. The second-order valence-corrected chi connectivity index (χ2v) is 6.65. The van der Waals surface area contributed by atoms with Crippen molar-refractivity contribution in [3.8, 4) is 0 Å². The highest BCUT2D eigenvalue weighted by Gasteiger charge is 2.30. The number of ether oxygens (including phenoxy) is 2. The third-order valence-electron chi connectivity index (χ3n) is 3.48. The minimum absolute atomic E-state index is 0.151. The summed E-state index contributed by atoms with van der Waals surface area (Å²) in [5, 5.41) is 9.45. The Labute approximate surface area is 141 Å². The molecule has 1 atom stereocenters. The third-order valence-corrected chi connectivity index (χ3v) is 3.48. The molecule has 1 heterocycles. The molecule has 2 rings (SSSR count). The van der Waals surface area contributed by atoms with Crippen LogP contribution in [0.5, 0.6) is 0 Å². The molecule has 1 fully saturated rings. The van der Waals surface area contributed by atoms with Gasteiger partial charge in [0.05, 0.1) is 25.8 Å². The van der Waals surface area contributed by atoms with Crippen molar-refractivity contribution in [3.05, 3.63) is 30.3 Å². The van der Waals surface area contributed by atoms with Crippen LogP contribution in [0.15, 0.2) is 30.3 Å². The van der Waals surface area contributed by atoms with E-state index >= 15 is 0 Å². The van der Waals surface area contributed by atoms with E-state index in [1.807, 2.05) is 26.8 Å². The Bertz CT molecular complexity index is 570. The molecule has 7 nitrogen and oxygen atoms in total. The number of carbonyl (C=O) groups is 2. The van der Waals surface area contributed by atoms with Crippen molar-refractivity contribution in [2.45, 2.75) is 32.5 Å². The number of anilines is 1. The SMILES string of the molecule is CC(C)(C)OC(=O)N1CCOC(CN(C(=O)O)c2ccccc2)C1. The predicted octanol–water partition coefficient (Wildman–Crippen LogP) is 2.81. The highest BCUT2D eigenvalue weighted by Crippen LogP contribution is 2.18. The Morgan fingerprint density at radius 2 is 2.00 bits per heavy atom. The molecule has 24 heavy (non-hydrogen) atoms. The third kappa shape index (κ3) is 5.13. The minimum atomic E-state index is -1.06. The van der Waals surface area contributed by atoms with E-state index in [1.165, 1.54) is 4.90 Å². The summed E-state index contributed by atoms with van der Waals surface area (Å²) in [7, 11) is 0. The van der Waals surface area contributed by atoms with Crippen molar-refractivity contribution < 1.29 is 24.2 Å². The van der Waals surface area contributed by atoms with Gasteiger partial charge in [-0.15, -0.1) is 0 Å². The van der Waals surface area contributed by atoms with Crippen LogP contribution in [0.3, 0.4) is 0 Å². The average Bonchev–Trinajstić information content (AvgIpc) is 2.52. The van der Waals surface area contributed by atoms with E-state index < -0.39 is 23.9 Å². The molecule has 1 aliphatic heterocycles. The zero-order chi connectivity index (χ0) is 17.7. The van der Waals surface area contributed by atoms with Gasteiger partial charge in [0, 0.05) is 12.2 Å². The van der Waals surface area contributed by atoms with Gasteiger partial charge < -0.3 is 19.5 Å². The summed E-state index contributed by atoms with van der Waals surface area (Å²) in [6, 6.07) is 8.83. The fourth-order valence-electron chi connectivity index (χ4n) is 2.43. The van der Waals surface area contributed by atoms with Crippen LogP contribution in [0.4, 0.5) is 15.3 Å². The topological polar surface area (TPSA) is 79.3 Å². The molecule has 0 saturated carbocycles. The monoisotopic (exact) mass is 336 g/mol. The standard InChI is InChI=1S/C17H24N2O5/c1-17(2,3)24-16(22)18-9-10-23-14(11-18)12-19(15(20)21)13-7-5-4-6-8-13/h4-8,14H,9-12H2,1-3H3,(H,20,21). The van der Waals surface area contributed by atoms with E-state index in [9.17, 15) is 14.7 Å². The number of benzene rings is 1. The minimum Gasteiger partial charge on any atom is -0.465 e. The molecule has 1 saturated heterocycles. The van der Waals surface area contributed by atoms with Crippen molar-refractivity contribution in [2.24, 2.45) is 0 Å². The number of carboxylic acid groups (broad SMARTS) is 1. The molecule has 7 heteroatoms. The van der Waals surface area contributed by atoms with Crippen LogP contribution in [0.1, 0.15) is 20.8 Å². The molecule has 0 aliphatic carbocycles. The maximum Gasteiger partial charge on any atom is 0.411 e. The Kier molecular flexibility index (Phi) is 5.66. The van der Waals surface area contributed by atoms with Crippen LogP contribution in [0.25, 0.3) is 0 Å². The van der Waals surface area contributed by atoms with Gasteiger partial charge >= 0.3 is 12.2 Å². The maximum atomic E-state index is 12.2. The molecule has 0 spiro atoms. The fourth-order valence-corrected chi connectivity index (χ4v) is 2.43. The summed E-state index contributed by atoms with van der Waals surface area (Å²) >= 11 is 0. The lowest BCUT2D eigenvalue weighted by Crippen LogP contribution is -2.51. The molecule has 1 N–H and O–H groups in total. The number of carbonyl (C=O) groups excluding carboxylic acids is 1. The largest absolute Gasteiger partial charge is 0.465 e. The molecule has 132 valence electrons. The molecule has 2 amide bonds. The summed E-state index contributed by atoms with van der Waals surface area (Å²) in [6.45, 7) is 6.67. The van der Waals surface area contributed by atoms with E-state index in [1.54, 1.807) is 29.2 Å². The smallest absolute Gasteiger partial charge is 0.411 e. The first-order valence-electron chi connectivity index (χ1n) is 7.91. The van der Waals surface area contributed by atoms with Crippen LogP contribution in [0, 0.1) is 0 Å². The second-order valence-electron chi connectivity index (χ2n) is 6.65. The first-order chi connectivity index (χ1) is 11.3. The summed E-state index contributed by atoms with van der Waals surface area (Å²) in [4.78, 5) is 26.5. The van der Waals surface area contributed by atoms with Gasteiger partial charge in [-0.25, -0.2) is 9.59 Å². The van der Waals surface area contributed by atoms with Crippen molar-refractivity contribution >= 4 is 17.9 Å². The number of morpholine rings is 1. The number of amides is 2. The van der Waals surface area contributed by atoms with Crippen LogP contribution in [-0.2, 0) is 9.47 Å². The van der Waals surface area contributed by atoms with E-state index in [4.69, 9.17) is 9.47 Å². The summed E-state index contributed by atoms with van der Waals surface area (Å²) in [5.41, 5.74) is 0.00478. The summed E-state index contributed by atoms with van der Waals surface area (Å²) in [6.07, 6.45) is -1.86. The van der Waals surface area contributed by atoms with Crippen molar-refractivity contribution in [1.82, 2.24) is 4.90 Å². The molecular formula is C17H24N2O5. The van der Waals surface area contributed by atoms with E-state index in [2.05, 4.69) is 0 Å². The van der Waals surface area contributed by atoms with Gasteiger partial charge in [-0.05, 0) is 32.9 Å². The normalized spacial score (nSPS) is 18.1. The number of hydrogen-bond donors (Lipinski definition) is 1. The maximum absolute atomic E-state index is 12.2. The van der Waals surface area contributed by atoms with E-state index in [0.717, 1.165) is 0 Å². The lowest BCUT2D eigenvalue weighted by molar-refractivity contribution is -0.0387. The van der Waals surface area contributed by atoms with Crippen molar-refractivity contribution in [3.63, 3.8) is 0 Å². The Hall–Kier alpha value is -2.28. The first kappa shape index (κ1) is 18.1. The van der Waals surface area contributed by atoms with Gasteiger partial charge in [-0.3, -0.25) is 4.90 Å². The van der Waals surface area contributed by atoms with Gasteiger partial charge in [0.15, 0.2) is 0 Å². The molecule has 0 bridgehead atoms. The van der Waals surface area contributed by atoms with Crippen LogP contribution in [0.2, 0.25) is 0 Å². The van der Waals surface area contributed by atoms with Crippen LogP contribution >= 0.6 is 0 Å². The lowest BCUT2D eigenvalue weighted by Gasteiger charge is -2.35. The second kappa shape index (κ2) is 7.53. The Morgan fingerprint density at radius 3 is 2.58 bits per heavy atom. The number of nitrogens with zero attached hydrogens (tertiary/aromatic N) is 2. The van der Waals surface area contributed by atoms with Gasteiger partial charge in [-0.1, -0.05) is 18.2 Å². The number of para-hydroxylation sites is 1. The van der Waals surface area contributed by atoms with Gasteiger partial charge in [-0.2, -0.15) is 0 Å². The zero-order valence-electron chi connectivity index (χ0n) is 14.3. The van der Waals surface area contributed by atoms with Crippen LogP contribution < -0.4 is 4.90 Å². The lowest BCUT2D eigenvalue weighted by atomic mass is 10.2. The molecular weight excluding hydrogens is 312 g/mol. The quantitative estimate of drug-likeness (QED) is 0.918. The van der Waals surface area contributed by atoms with Crippen molar-refractivity contribution in [1.29, 1.82) is 0 Å². The fraction of sp³-hybridized carbons (Fsp3) is 0.529. The molecule has 1 aromatic rings. The molecule has 1 unspecified atom stereocenters. The summed E-state index contributed by atoms with van der Waals surface area (Å²) in [5.74, 6) is 0. The van der Waals surface area contributed by atoms with Gasteiger partial charge in [0.1, 0.15) is 5.60 Å². The highest BCUT2D eigenvalue weighted by atomic mass is 16.6. The molecule has 0 aromatic heterocycles. The predicted molar refractivity (Wildman–Crippen MR) is 89.4 cm³/mol. The molecule has 1 aliphatic rings. The average molecular weight is 336 g/mol. The van der Waals surface area contributed by atoms with Crippen molar-refractivity contribution in [2.75, 3.05) is 31.1 Å². The summed E-state index contributed by atoms with van der Waals surface area (Å²) < 4.78 is 11.0. The highest BCUT2D eigenvalue weighted by molar-refractivity contribution is 5.86. The van der Waals surface area contributed by atoms with Gasteiger partial charge in [0.2, 0.25) is 0 Å². The van der Waals surface area contributed by atoms with E-state index in [0.29, 0.717) is 25.4 Å². The number of hydrogen-bond acceptors (Lipinski definition) is 4. The Morgan fingerprint density at radius 1 is 1.33 bits per heavy atom. The Balaban J connectivity index is 2.01. The number of rotatable bonds is 3.